The topological polar surface area (TPSA) is 63.2 Å². The molecule has 1 aliphatic rings. The standard InChI is InChI=1S/C11H17N3O2S/c1-11(6-12-7-11)16-4-10(15)13-3-2-9-5-17-8-14-9/h5,8,12H,2-4,6-7H2,1H3,(H,13,15). The molecule has 0 unspecified atom stereocenters. The molecule has 0 saturated carbocycles. The predicted octanol–water partition coefficient (Wildman–Crippen LogP) is 0.180. The summed E-state index contributed by atoms with van der Waals surface area (Å²) in [6, 6.07) is 0. The minimum Gasteiger partial charge on any atom is -0.363 e. The Labute approximate surface area is 105 Å². The van der Waals surface area contributed by atoms with E-state index in [0.717, 1.165) is 25.2 Å². The highest BCUT2D eigenvalue weighted by atomic mass is 32.1. The van der Waals surface area contributed by atoms with E-state index >= 15 is 0 Å². The van der Waals surface area contributed by atoms with E-state index in [4.69, 9.17) is 4.74 Å². The Kier molecular flexibility index (Phi) is 4.09. The summed E-state index contributed by atoms with van der Waals surface area (Å²) in [5, 5.41) is 7.94. The molecule has 94 valence electrons. The van der Waals surface area contributed by atoms with Gasteiger partial charge in [0, 0.05) is 31.4 Å². The normalized spacial score (nSPS) is 17.5. The fraction of sp³-hybridized carbons (Fsp3) is 0.636. The van der Waals surface area contributed by atoms with Crippen LogP contribution in [0.4, 0.5) is 0 Å². The molecule has 0 atom stereocenters. The predicted molar refractivity (Wildman–Crippen MR) is 66.1 cm³/mol. The Morgan fingerprint density at radius 1 is 1.71 bits per heavy atom. The van der Waals surface area contributed by atoms with Crippen LogP contribution < -0.4 is 10.6 Å². The molecule has 1 fully saturated rings. The molecule has 17 heavy (non-hydrogen) atoms. The van der Waals surface area contributed by atoms with Crippen LogP contribution in [0.3, 0.4) is 0 Å². The fourth-order valence-corrected chi connectivity index (χ4v) is 2.15. The number of thiazole rings is 1. The molecule has 2 N–H and O–H groups in total. The second kappa shape index (κ2) is 5.57. The summed E-state index contributed by atoms with van der Waals surface area (Å²) in [7, 11) is 0. The lowest BCUT2D eigenvalue weighted by molar-refractivity contribution is -0.135. The lowest BCUT2D eigenvalue weighted by Crippen LogP contribution is -2.59. The van der Waals surface area contributed by atoms with Gasteiger partial charge in [0.1, 0.15) is 6.61 Å². The van der Waals surface area contributed by atoms with Gasteiger partial charge in [-0.2, -0.15) is 0 Å². The Morgan fingerprint density at radius 3 is 3.12 bits per heavy atom. The van der Waals surface area contributed by atoms with Gasteiger partial charge in [-0.15, -0.1) is 11.3 Å². The minimum atomic E-state index is -0.160. The fourth-order valence-electron chi connectivity index (χ4n) is 1.56. The van der Waals surface area contributed by atoms with Crippen molar-refractivity contribution in [3.05, 3.63) is 16.6 Å². The van der Waals surface area contributed by atoms with Crippen molar-refractivity contribution in [3.63, 3.8) is 0 Å². The van der Waals surface area contributed by atoms with Crippen molar-refractivity contribution < 1.29 is 9.53 Å². The molecule has 0 spiro atoms. The van der Waals surface area contributed by atoms with Crippen molar-refractivity contribution in [2.24, 2.45) is 0 Å². The van der Waals surface area contributed by atoms with Crippen LogP contribution in [0.15, 0.2) is 10.9 Å². The summed E-state index contributed by atoms with van der Waals surface area (Å²) in [6.45, 7) is 4.39. The van der Waals surface area contributed by atoms with Crippen molar-refractivity contribution >= 4 is 17.2 Å². The Hall–Kier alpha value is -0.980. The summed E-state index contributed by atoms with van der Waals surface area (Å²) in [4.78, 5) is 15.6. The molecule has 0 aliphatic carbocycles. The molecule has 0 bridgehead atoms. The number of aromatic nitrogens is 1. The molecular weight excluding hydrogens is 238 g/mol. The van der Waals surface area contributed by atoms with Gasteiger partial charge in [-0.25, -0.2) is 4.98 Å². The van der Waals surface area contributed by atoms with Crippen molar-refractivity contribution in [2.75, 3.05) is 26.2 Å². The minimum absolute atomic E-state index is 0.0617. The van der Waals surface area contributed by atoms with Crippen LogP contribution in [0.1, 0.15) is 12.6 Å². The molecule has 1 aliphatic heterocycles. The van der Waals surface area contributed by atoms with E-state index in [1.54, 1.807) is 16.8 Å². The average molecular weight is 255 g/mol. The molecular formula is C11H17N3O2S. The van der Waals surface area contributed by atoms with Gasteiger partial charge in [0.15, 0.2) is 0 Å². The van der Waals surface area contributed by atoms with E-state index in [2.05, 4.69) is 15.6 Å². The van der Waals surface area contributed by atoms with Crippen molar-refractivity contribution in [1.82, 2.24) is 15.6 Å². The Morgan fingerprint density at radius 2 is 2.53 bits per heavy atom. The van der Waals surface area contributed by atoms with Gasteiger partial charge in [0.2, 0.25) is 5.91 Å². The Bertz CT molecular complexity index is 363. The van der Waals surface area contributed by atoms with Crippen LogP contribution in [0.5, 0.6) is 0 Å². The van der Waals surface area contributed by atoms with Gasteiger partial charge in [-0.05, 0) is 6.92 Å². The summed E-state index contributed by atoms with van der Waals surface area (Å²) >= 11 is 1.57. The maximum absolute atomic E-state index is 11.5. The number of amides is 1. The van der Waals surface area contributed by atoms with Crippen LogP contribution >= 0.6 is 11.3 Å². The SMILES string of the molecule is CC1(OCC(=O)NCCc2cscn2)CNC1. The zero-order valence-corrected chi connectivity index (χ0v) is 10.7. The highest BCUT2D eigenvalue weighted by Gasteiger charge is 2.32. The smallest absolute Gasteiger partial charge is 0.246 e. The summed E-state index contributed by atoms with van der Waals surface area (Å²) in [5.41, 5.74) is 2.66. The number of hydrogen-bond acceptors (Lipinski definition) is 5. The largest absolute Gasteiger partial charge is 0.363 e. The van der Waals surface area contributed by atoms with Crippen molar-refractivity contribution in [3.8, 4) is 0 Å². The Balaban J connectivity index is 1.58. The molecule has 0 aromatic carbocycles. The van der Waals surface area contributed by atoms with Crippen LogP contribution in [-0.4, -0.2) is 42.7 Å². The third-order valence-electron chi connectivity index (χ3n) is 2.74. The van der Waals surface area contributed by atoms with Gasteiger partial charge in [-0.1, -0.05) is 0 Å². The molecule has 1 saturated heterocycles. The number of nitrogens with one attached hydrogen (secondary N) is 2. The first-order chi connectivity index (χ1) is 8.18. The van der Waals surface area contributed by atoms with Crippen LogP contribution in [-0.2, 0) is 16.0 Å². The van der Waals surface area contributed by atoms with E-state index in [9.17, 15) is 4.79 Å². The molecule has 2 rings (SSSR count). The molecule has 1 aromatic rings. The highest BCUT2D eigenvalue weighted by molar-refractivity contribution is 7.07. The van der Waals surface area contributed by atoms with E-state index < -0.39 is 0 Å². The first-order valence-electron chi connectivity index (χ1n) is 5.66. The second-order valence-electron chi connectivity index (χ2n) is 4.42. The maximum Gasteiger partial charge on any atom is 0.246 e. The second-order valence-corrected chi connectivity index (χ2v) is 5.14. The van der Waals surface area contributed by atoms with Gasteiger partial charge >= 0.3 is 0 Å². The summed E-state index contributed by atoms with van der Waals surface area (Å²) in [5.74, 6) is -0.0617. The van der Waals surface area contributed by atoms with Gasteiger partial charge in [-0.3, -0.25) is 4.79 Å². The first-order valence-corrected chi connectivity index (χ1v) is 6.61. The third kappa shape index (κ3) is 3.76. The molecule has 0 radical (unpaired) electrons. The average Bonchev–Trinajstić information content (AvgIpc) is 2.77. The third-order valence-corrected chi connectivity index (χ3v) is 3.37. The van der Waals surface area contributed by atoms with Crippen LogP contribution in [0.2, 0.25) is 0 Å². The van der Waals surface area contributed by atoms with E-state index in [0.29, 0.717) is 6.54 Å². The first kappa shape index (κ1) is 12.5. The molecule has 1 amide bonds. The number of rotatable bonds is 6. The number of ether oxygens (including phenoxy) is 1. The van der Waals surface area contributed by atoms with Gasteiger partial charge in [0.05, 0.1) is 16.8 Å². The van der Waals surface area contributed by atoms with Gasteiger partial charge < -0.3 is 15.4 Å². The summed E-state index contributed by atoms with van der Waals surface area (Å²) < 4.78 is 5.53. The van der Waals surface area contributed by atoms with E-state index in [-0.39, 0.29) is 18.1 Å². The van der Waals surface area contributed by atoms with Crippen LogP contribution in [0.25, 0.3) is 0 Å². The van der Waals surface area contributed by atoms with Gasteiger partial charge in [0.25, 0.3) is 0 Å². The quantitative estimate of drug-likeness (QED) is 0.761. The molecule has 6 heteroatoms. The lowest BCUT2D eigenvalue weighted by Gasteiger charge is -2.38. The molecule has 1 aromatic heterocycles. The number of carbonyl (C=O) groups is 1. The molecule has 5 nitrogen and oxygen atoms in total. The molecule has 2 heterocycles. The van der Waals surface area contributed by atoms with Crippen molar-refractivity contribution in [1.29, 1.82) is 0 Å². The number of hydrogen-bond donors (Lipinski definition) is 2. The summed E-state index contributed by atoms with van der Waals surface area (Å²) in [6.07, 6.45) is 0.772. The number of carbonyl (C=O) groups excluding carboxylic acids is 1. The van der Waals surface area contributed by atoms with E-state index in [1.165, 1.54) is 0 Å². The zero-order chi connectivity index (χ0) is 12.1. The zero-order valence-electron chi connectivity index (χ0n) is 9.86. The van der Waals surface area contributed by atoms with Crippen LogP contribution in [0, 0.1) is 0 Å². The van der Waals surface area contributed by atoms with E-state index in [1.807, 2.05) is 12.3 Å². The van der Waals surface area contributed by atoms with Crippen molar-refractivity contribution in [2.45, 2.75) is 18.9 Å². The monoisotopic (exact) mass is 255 g/mol. The highest BCUT2D eigenvalue weighted by Crippen LogP contribution is 2.14. The maximum atomic E-state index is 11.5. The number of nitrogens with zero attached hydrogens (tertiary/aromatic N) is 1. The lowest BCUT2D eigenvalue weighted by atomic mass is 10.0.